The van der Waals surface area contributed by atoms with Gasteiger partial charge in [0.2, 0.25) is 5.88 Å². The maximum absolute atomic E-state index is 13.2. The van der Waals surface area contributed by atoms with Crippen LogP contribution in [-0.2, 0) is 6.54 Å². The Labute approximate surface area is 116 Å². The van der Waals surface area contributed by atoms with E-state index in [9.17, 15) is 8.78 Å². The molecule has 0 spiro atoms. The SMILES string of the molecule is COc1cc(CNC(C)c2ccc(F)c(F)c2)ccn1. The highest BCUT2D eigenvalue weighted by molar-refractivity contribution is 5.23. The van der Waals surface area contributed by atoms with Crippen LogP contribution in [0.2, 0.25) is 0 Å². The molecule has 1 N–H and O–H groups in total. The molecule has 0 aliphatic carbocycles. The lowest BCUT2D eigenvalue weighted by Crippen LogP contribution is -2.18. The van der Waals surface area contributed by atoms with E-state index in [2.05, 4.69) is 10.3 Å². The molecule has 3 nitrogen and oxygen atoms in total. The van der Waals surface area contributed by atoms with E-state index < -0.39 is 11.6 Å². The number of ether oxygens (including phenoxy) is 1. The smallest absolute Gasteiger partial charge is 0.213 e. The molecule has 0 radical (unpaired) electrons. The second-order valence-corrected chi connectivity index (χ2v) is 4.48. The zero-order valence-electron chi connectivity index (χ0n) is 11.4. The van der Waals surface area contributed by atoms with Crippen molar-refractivity contribution in [1.82, 2.24) is 10.3 Å². The van der Waals surface area contributed by atoms with Gasteiger partial charge in [-0.1, -0.05) is 6.07 Å². The van der Waals surface area contributed by atoms with Gasteiger partial charge in [0, 0.05) is 24.8 Å². The summed E-state index contributed by atoms with van der Waals surface area (Å²) in [5.41, 5.74) is 1.70. The molecule has 20 heavy (non-hydrogen) atoms. The van der Waals surface area contributed by atoms with Gasteiger partial charge < -0.3 is 10.1 Å². The van der Waals surface area contributed by atoms with Crippen molar-refractivity contribution < 1.29 is 13.5 Å². The molecular formula is C15H16F2N2O. The zero-order chi connectivity index (χ0) is 14.5. The van der Waals surface area contributed by atoms with Gasteiger partial charge in [-0.25, -0.2) is 13.8 Å². The minimum Gasteiger partial charge on any atom is -0.481 e. The van der Waals surface area contributed by atoms with Gasteiger partial charge in [0.25, 0.3) is 0 Å². The topological polar surface area (TPSA) is 34.1 Å². The fourth-order valence-corrected chi connectivity index (χ4v) is 1.84. The van der Waals surface area contributed by atoms with E-state index in [0.717, 1.165) is 11.6 Å². The normalized spacial score (nSPS) is 12.2. The number of benzene rings is 1. The Morgan fingerprint density at radius 1 is 1.20 bits per heavy atom. The first-order valence-corrected chi connectivity index (χ1v) is 6.27. The summed E-state index contributed by atoms with van der Waals surface area (Å²) in [6.07, 6.45) is 1.66. The third-order valence-corrected chi connectivity index (χ3v) is 3.06. The number of nitrogens with zero attached hydrogens (tertiary/aromatic N) is 1. The van der Waals surface area contributed by atoms with Gasteiger partial charge in [-0.2, -0.15) is 0 Å². The van der Waals surface area contributed by atoms with E-state index in [4.69, 9.17) is 4.74 Å². The Kier molecular flexibility index (Phi) is 4.63. The molecule has 5 heteroatoms. The van der Waals surface area contributed by atoms with Gasteiger partial charge in [0.1, 0.15) is 0 Å². The monoisotopic (exact) mass is 278 g/mol. The highest BCUT2D eigenvalue weighted by Crippen LogP contribution is 2.17. The Bertz CT molecular complexity index is 590. The molecule has 0 fully saturated rings. The first-order valence-electron chi connectivity index (χ1n) is 6.27. The molecule has 2 rings (SSSR count). The molecule has 0 saturated carbocycles. The number of halogens is 2. The predicted molar refractivity (Wildman–Crippen MR) is 72.4 cm³/mol. The molecule has 1 aromatic heterocycles. The van der Waals surface area contributed by atoms with E-state index in [0.29, 0.717) is 18.0 Å². The van der Waals surface area contributed by atoms with Gasteiger partial charge in [-0.15, -0.1) is 0 Å². The van der Waals surface area contributed by atoms with Crippen molar-refractivity contribution >= 4 is 0 Å². The number of pyridine rings is 1. The molecule has 0 aliphatic heterocycles. The quantitative estimate of drug-likeness (QED) is 0.912. The lowest BCUT2D eigenvalue weighted by molar-refractivity contribution is 0.397. The molecule has 1 aromatic carbocycles. The minimum absolute atomic E-state index is 0.0933. The molecule has 0 aliphatic rings. The lowest BCUT2D eigenvalue weighted by atomic mass is 10.1. The highest BCUT2D eigenvalue weighted by Gasteiger charge is 2.09. The van der Waals surface area contributed by atoms with Crippen LogP contribution in [0.3, 0.4) is 0 Å². The van der Waals surface area contributed by atoms with E-state index in [1.165, 1.54) is 6.07 Å². The molecular weight excluding hydrogens is 262 g/mol. The van der Waals surface area contributed by atoms with Crippen LogP contribution in [0.4, 0.5) is 8.78 Å². The summed E-state index contributed by atoms with van der Waals surface area (Å²) in [4.78, 5) is 4.02. The summed E-state index contributed by atoms with van der Waals surface area (Å²) >= 11 is 0. The molecule has 1 unspecified atom stereocenters. The first-order chi connectivity index (χ1) is 9.60. The van der Waals surface area contributed by atoms with Crippen molar-refractivity contribution in [3.8, 4) is 5.88 Å². The molecule has 0 amide bonds. The third-order valence-electron chi connectivity index (χ3n) is 3.06. The van der Waals surface area contributed by atoms with Crippen LogP contribution in [-0.4, -0.2) is 12.1 Å². The predicted octanol–water partition coefficient (Wildman–Crippen LogP) is 3.22. The van der Waals surface area contributed by atoms with Crippen LogP contribution in [0.25, 0.3) is 0 Å². The number of rotatable bonds is 5. The van der Waals surface area contributed by atoms with Gasteiger partial charge in [0.05, 0.1) is 7.11 Å². The van der Waals surface area contributed by atoms with Crippen molar-refractivity contribution in [3.63, 3.8) is 0 Å². The highest BCUT2D eigenvalue weighted by atomic mass is 19.2. The van der Waals surface area contributed by atoms with Crippen LogP contribution in [0.5, 0.6) is 5.88 Å². The Morgan fingerprint density at radius 3 is 2.70 bits per heavy atom. The number of methoxy groups -OCH3 is 1. The summed E-state index contributed by atoms with van der Waals surface area (Å²) in [6.45, 7) is 2.48. The summed E-state index contributed by atoms with van der Waals surface area (Å²) in [7, 11) is 1.56. The Balaban J connectivity index is 2.00. The minimum atomic E-state index is -0.833. The number of hydrogen-bond donors (Lipinski definition) is 1. The van der Waals surface area contributed by atoms with Gasteiger partial charge in [-0.3, -0.25) is 0 Å². The van der Waals surface area contributed by atoms with E-state index in [1.54, 1.807) is 19.4 Å². The zero-order valence-corrected chi connectivity index (χ0v) is 11.4. The van der Waals surface area contributed by atoms with Crippen molar-refractivity contribution in [3.05, 3.63) is 59.3 Å². The maximum Gasteiger partial charge on any atom is 0.213 e. The average Bonchev–Trinajstić information content (AvgIpc) is 2.47. The number of nitrogens with one attached hydrogen (secondary N) is 1. The number of hydrogen-bond acceptors (Lipinski definition) is 3. The molecule has 0 saturated heterocycles. The second kappa shape index (κ2) is 6.43. The standard InChI is InChI=1S/C15H16F2N2O/c1-10(12-3-4-13(16)14(17)8-12)19-9-11-5-6-18-15(7-11)20-2/h3-8,10,19H,9H2,1-2H3. The van der Waals surface area contributed by atoms with Crippen molar-refractivity contribution in [2.24, 2.45) is 0 Å². The molecule has 2 aromatic rings. The third kappa shape index (κ3) is 3.51. The molecule has 1 atom stereocenters. The summed E-state index contributed by atoms with van der Waals surface area (Å²) in [5.74, 6) is -1.12. The summed E-state index contributed by atoms with van der Waals surface area (Å²) in [5, 5.41) is 3.24. The largest absolute Gasteiger partial charge is 0.481 e. The molecule has 106 valence electrons. The number of aromatic nitrogens is 1. The summed E-state index contributed by atoms with van der Waals surface area (Å²) in [6, 6.07) is 7.52. The first kappa shape index (κ1) is 14.4. The molecule has 0 bridgehead atoms. The van der Waals surface area contributed by atoms with Gasteiger partial charge in [-0.05, 0) is 36.2 Å². The van der Waals surface area contributed by atoms with E-state index >= 15 is 0 Å². The van der Waals surface area contributed by atoms with Gasteiger partial charge in [0.15, 0.2) is 11.6 Å². The fourth-order valence-electron chi connectivity index (χ4n) is 1.84. The van der Waals surface area contributed by atoms with Crippen LogP contribution in [0.1, 0.15) is 24.1 Å². The van der Waals surface area contributed by atoms with Crippen LogP contribution >= 0.6 is 0 Å². The maximum atomic E-state index is 13.2. The Morgan fingerprint density at radius 2 is 2.00 bits per heavy atom. The average molecular weight is 278 g/mol. The van der Waals surface area contributed by atoms with E-state index in [1.807, 2.05) is 19.1 Å². The second-order valence-electron chi connectivity index (χ2n) is 4.48. The van der Waals surface area contributed by atoms with Crippen molar-refractivity contribution in [1.29, 1.82) is 0 Å². The summed E-state index contributed by atoms with van der Waals surface area (Å²) < 4.78 is 31.1. The lowest BCUT2D eigenvalue weighted by Gasteiger charge is -2.14. The van der Waals surface area contributed by atoms with Gasteiger partial charge >= 0.3 is 0 Å². The molecule has 1 heterocycles. The van der Waals surface area contributed by atoms with E-state index in [-0.39, 0.29) is 6.04 Å². The fraction of sp³-hybridized carbons (Fsp3) is 0.267. The van der Waals surface area contributed by atoms with Crippen molar-refractivity contribution in [2.75, 3.05) is 7.11 Å². The van der Waals surface area contributed by atoms with Crippen LogP contribution in [0, 0.1) is 11.6 Å². The Hall–Kier alpha value is -2.01. The van der Waals surface area contributed by atoms with Crippen LogP contribution < -0.4 is 10.1 Å². The van der Waals surface area contributed by atoms with Crippen molar-refractivity contribution in [2.45, 2.75) is 19.5 Å². The van der Waals surface area contributed by atoms with Crippen LogP contribution in [0.15, 0.2) is 36.5 Å².